The average molecular weight is 603 g/mol. The number of hydrogen-bond donors (Lipinski definition) is 0. The van der Waals surface area contributed by atoms with Gasteiger partial charge in [-0.2, -0.15) is 14.1 Å². The molecule has 0 amide bonds. The smallest absolute Gasteiger partial charge is 0.316 e. The Morgan fingerprint density at radius 1 is 1.00 bits per heavy atom. The van der Waals surface area contributed by atoms with Crippen molar-refractivity contribution >= 4 is 27.3 Å². The van der Waals surface area contributed by atoms with E-state index >= 15 is 0 Å². The van der Waals surface area contributed by atoms with Crippen molar-refractivity contribution in [1.29, 1.82) is 0 Å². The van der Waals surface area contributed by atoms with Gasteiger partial charge in [-0.15, -0.1) is 0 Å². The second-order valence-electron chi connectivity index (χ2n) is 10.8. The average Bonchev–Trinajstić information content (AvgIpc) is 3.70. The molecule has 1 aliphatic carbocycles. The van der Waals surface area contributed by atoms with Crippen LogP contribution in [0.4, 0.5) is 5.69 Å². The van der Waals surface area contributed by atoms with Crippen molar-refractivity contribution in [1.82, 2.24) is 14.1 Å². The zero-order chi connectivity index (χ0) is 29.0. The van der Waals surface area contributed by atoms with Gasteiger partial charge in [-0.05, 0) is 48.7 Å². The molecule has 0 bridgehead atoms. The summed E-state index contributed by atoms with van der Waals surface area (Å²) in [5.74, 6) is 0.781. The molecule has 1 aliphatic heterocycles. The Morgan fingerprint density at radius 2 is 1.73 bits per heavy atom. The molecule has 220 valence electrons. The molecule has 0 spiro atoms. The molecule has 1 aromatic heterocycles. The Labute approximate surface area is 245 Å². The molecule has 2 aromatic carbocycles. The van der Waals surface area contributed by atoms with Gasteiger partial charge < -0.3 is 19.1 Å². The number of halogens is 1. The quantitative estimate of drug-likeness (QED) is 0.289. The van der Waals surface area contributed by atoms with Crippen molar-refractivity contribution in [3.63, 3.8) is 0 Å². The van der Waals surface area contributed by atoms with Crippen LogP contribution in [0, 0.1) is 5.41 Å². The fraction of sp³-hybridized carbons (Fsp3) is 0.448. The number of anilines is 1. The number of sulfonamides is 1. The van der Waals surface area contributed by atoms with Crippen LogP contribution in [0.2, 0.25) is 5.02 Å². The molecule has 41 heavy (non-hydrogen) atoms. The summed E-state index contributed by atoms with van der Waals surface area (Å²) in [6.07, 6.45) is 3.72. The van der Waals surface area contributed by atoms with Gasteiger partial charge in [0.05, 0.1) is 30.9 Å². The van der Waals surface area contributed by atoms with Crippen molar-refractivity contribution in [2.24, 2.45) is 5.41 Å². The number of hydrogen-bond acceptors (Lipinski definition) is 8. The summed E-state index contributed by atoms with van der Waals surface area (Å²) in [6, 6.07) is 14.0. The van der Waals surface area contributed by atoms with Gasteiger partial charge in [0.2, 0.25) is 15.8 Å². The number of benzene rings is 2. The summed E-state index contributed by atoms with van der Waals surface area (Å²) in [4.78, 5) is 15.6. The third-order valence-corrected chi connectivity index (χ3v) is 9.52. The van der Waals surface area contributed by atoms with E-state index in [1.54, 1.807) is 61.8 Å². The monoisotopic (exact) mass is 602 g/mol. The molecule has 0 unspecified atom stereocenters. The highest BCUT2D eigenvalue weighted by Crippen LogP contribution is 2.45. The zero-order valence-corrected chi connectivity index (χ0v) is 24.9. The Hall–Kier alpha value is -3.12. The van der Waals surface area contributed by atoms with Gasteiger partial charge in [-0.1, -0.05) is 36.7 Å². The molecule has 2 heterocycles. The summed E-state index contributed by atoms with van der Waals surface area (Å²) in [7, 11) is -1.94. The van der Waals surface area contributed by atoms with Crippen molar-refractivity contribution < 1.29 is 22.6 Å². The normalized spacial score (nSPS) is 16.9. The van der Waals surface area contributed by atoms with Crippen molar-refractivity contribution in [3.05, 3.63) is 75.7 Å². The molecule has 3 aromatic rings. The molecule has 0 radical (unpaired) electrons. The number of piperazine rings is 1. The van der Waals surface area contributed by atoms with Crippen molar-refractivity contribution in [3.8, 4) is 17.2 Å². The van der Waals surface area contributed by atoms with Crippen molar-refractivity contribution in [2.75, 3.05) is 58.0 Å². The number of nitrogens with zero attached hydrogens (tertiary/aromatic N) is 4. The first-order valence-electron chi connectivity index (χ1n) is 13.6. The lowest BCUT2D eigenvalue weighted by Crippen LogP contribution is -2.49. The highest BCUT2D eigenvalue weighted by atomic mass is 35.5. The van der Waals surface area contributed by atoms with Crippen LogP contribution in [-0.2, 0) is 20.5 Å². The van der Waals surface area contributed by atoms with Crippen LogP contribution >= 0.6 is 11.6 Å². The minimum Gasteiger partial charge on any atom is -0.491 e. The minimum absolute atomic E-state index is 0.0644. The van der Waals surface area contributed by atoms with Crippen molar-refractivity contribution in [2.45, 2.75) is 25.5 Å². The van der Waals surface area contributed by atoms with Crippen LogP contribution in [0.25, 0.3) is 5.69 Å². The van der Waals surface area contributed by atoms with Crippen LogP contribution in [0.15, 0.2) is 59.5 Å². The molecule has 0 N–H and O–H groups in total. The molecule has 0 atom stereocenters. The van der Waals surface area contributed by atoms with E-state index in [0.29, 0.717) is 60.6 Å². The second kappa shape index (κ2) is 12.4. The molecule has 1 saturated heterocycles. The van der Waals surface area contributed by atoms with Crippen LogP contribution in [0.1, 0.15) is 25.3 Å². The highest BCUT2D eigenvalue weighted by Gasteiger charge is 2.39. The predicted octanol–water partition coefficient (Wildman–Crippen LogP) is 3.74. The first kappa shape index (κ1) is 29.4. The summed E-state index contributed by atoms with van der Waals surface area (Å²) < 4.78 is 45.9. The van der Waals surface area contributed by atoms with Gasteiger partial charge in [0.1, 0.15) is 18.0 Å². The van der Waals surface area contributed by atoms with Gasteiger partial charge in [-0.3, -0.25) is 4.79 Å². The van der Waals surface area contributed by atoms with E-state index in [1.165, 1.54) is 8.99 Å². The summed E-state index contributed by atoms with van der Waals surface area (Å²) in [6.45, 7) is 4.85. The molecule has 12 heteroatoms. The number of methoxy groups -OCH3 is 1. The van der Waals surface area contributed by atoms with E-state index in [4.69, 9.17) is 25.8 Å². The lowest BCUT2D eigenvalue weighted by molar-refractivity contribution is 0.146. The SMILES string of the molecule is COCCOc1ccc(CS(=O)(=O)N2CCN(c3cnn(-c4cccc(Cl)c4)c(=O)c3OCC3(C)CC3)CC2)cc1. The van der Waals surface area contributed by atoms with E-state index in [0.717, 1.165) is 12.8 Å². The van der Waals surface area contributed by atoms with Gasteiger partial charge in [0, 0.05) is 43.7 Å². The van der Waals surface area contributed by atoms with E-state index in [1.807, 2.05) is 4.90 Å². The van der Waals surface area contributed by atoms with Crippen LogP contribution < -0.4 is 19.9 Å². The number of rotatable bonds is 12. The summed E-state index contributed by atoms with van der Waals surface area (Å²) in [5, 5.41) is 4.91. The fourth-order valence-corrected chi connectivity index (χ4v) is 6.32. The maximum absolute atomic E-state index is 13.6. The topological polar surface area (TPSA) is 103 Å². The van der Waals surface area contributed by atoms with E-state index in [9.17, 15) is 13.2 Å². The fourth-order valence-electron chi connectivity index (χ4n) is 4.62. The number of aromatic nitrogens is 2. The Kier molecular flexibility index (Phi) is 8.88. The number of ether oxygens (including phenoxy) is 3. The summed E-state index contributed by atoms with van der Waals surface area (Å²) >= 11 is 6.15. The third-order valence-electron chi connectivity index (χ3n) is 7.44. The molecular weight excluding hydrogens is 568 g/mol. The second-order valence-corrected chi connectivity index (χ2v) is 13.2. The van der Waals surface area contributed by atoms with Gasteiger partial charge in [0.15, 0.2) is 0 Å². The Bertz CT molecular complexity index is 1520. The first-order valence-corrected chi connectivity index (χ1v) is 15.6. The highest BCUT2D eigenvalue weighted by molar-refractivity contribution is 7.88. The Morgan fingerprint density at radius 3 is 2.39 bits per heavy atom. The van der Waals surface area contributed by atoms with E-state index in [2.05, 4.69) is 12.0 Å². The van der Waals surface area contributed by atoms with Gasteiger partial charge >= 0.3 is 5.56 Å². The molecule has 1 saturated carbocycles. The van der Waals surface area contributed by atoms with Gasteiger partial charge in [-0.25, -0.2) is 8.42 Å². The lowest BCUT2D eigenvalue weighted by atomic mass is 10.2. The van der Waals surface area contributed by atoms with E-state index < -0.39 is 10.0 Å². The third kappa shape index (κ3) is 7.21. The van der Waals surface area contributed by atoms with E-state index in [-0.39, 0.29) is 35.6 Å². The van der Waals surface area contributed by atoms with Crippen LogP contribution in [0.3, 0.4) is 0 Å². The maximum Gasteiger partial charge on any atom is 0.316 e. The minimum atomic E-state index is -3.54. The molecule has 10 nitrogen and oxygen atoms in total. The first-order chi connectivity index (χ1) is 19.7. The van der Waals surface area contributed by atoms with Crippen LogP contribution in [-0.4, -0.2) is 75.6 Å². The zero-order valence-electron chi connectivity index (χ0n) is 23.3. The van der Waals surface area contributed by atoms with Crippen LogP contribution in [0.5, 0.6) is 11.5 Å². The molecule has 2 aliphatic rings. The standard InChI is InChI=1S/C29H35ClN4O6S/c1-29(10-11-29)21-40-27-26(19-31-34(28(27)35)24-5-3-4-23(30)18-24)32-12-14-33(15-13-32)41(36,37)20-22-6-8-25(9-7-22)39-17-16-38-2/h3-9,18-19H,10-17,20-21H2,1-2H3. The molecule has 5 rings (SSSR count). The molecular formula is C29H35ClN4O6S. The Balaban J connectivity index is 1.28. The van der Waals surface area contributed by atoms with Gasteiger partial charge in [0.25, 0.3) is 0 Å². The summed E-state index contributed by atoms with van der Waals surface area (Å²) in [5.41, 5.74) is 1.48. The largest absolute Gasteiger partial charge is 0.491 e. The predicted molar refractivity (Wildman–Crippen MR) is 158 cm³/mol. The maximum atomic E-state index is 13.6. The molecule has 2 fully saturated rings. The lowest BCUT2D eigenvalue weighted by Gasteiger charge is -2.35.